The third-order valence-corrected chi connectivity index (χ3v) is 4.70. The van der Waals surface area contributed by atoms with Crippen molar-refractivity contribution in [3.63, 3.8) is 0 Å². The van der Waals surface area contributed by atoms with Crippen molar-refractivity contribution in [3.05, 3.63) is 47.7 Å². The van der Waals surface area contributed by atoms with Crippen LogP contribution >= 0.6 is 24.8 Å². The number of amides is 1. The van der Waals surface area contributed by atoms with Gasteiger partial charge in [0, 0.05) is 38.2 Å². The molecule has 1 aliphatic heterocycles. The summed E-state index contributed by atoms with van der Waals surface area (Å²) < 4.78 is 1.74. The molecule has 4 rings (SSSR count). The number of aromatic nitrogens is 3. The largest absolute Gasteiger partial charge is 0.352 e. The Balaban J connectivity index is 0.00000131. The van der Waals surface area contributed by atoms with Crippen LogP contribution in [0.2, 0.25) is 0 Å². The van der Waals surface area contributed by atoms with E-state index in [9.17, 15) is 4.79 Å². The molecule has 0 spiro atoms. The summed E-state index contributed by atoms with van der Waals surface area (Å²) in [6.07, 6.45) is 0. The van der Waals surface area contributed by atoms with Crippen molar-refractivity contribution in [2.45, 2.75) is 6.92 Å². The second kappa shape index (κ2) is 8.69. The molecule has 1 amide bonds. The molecular formula is C19H23Cl2N5O. The van der Waals surface area contributed by atoms with Crippen LogP contribution in [0, 0.1) is 12.8 Å². The Hall–Kier alpha value is -2.15. The van der Waals surface area contributed by atoms with Crippen LogP contribution in [0.3, 0.4) is 0 Å². The molecule has 2 aromatic heterocycles. The van der Waals surface area contributed by atoms with Crippen LogP contribution in [-0.2, 0) is 7.05 Å². The number of carbonyl (C=O) groups is 1. The summed E-state index contributed by atoms with van der Waals surface area (Å²) in [4.78, 5) is 17.6. The number of hydrogen-bond donors (Lipinski definition) is 2. The van der Waals surface area contributed by atoms with E-state index in [1.807, 2.05) is 50.4 Å². The highest BCUT2D eigenvalue weighted by atomic mass is 35.5. The van der Waals surface area contributed by atoms with Gasteiger partial charge in [0.25, 0.3) is 5.91 Å². The third-order valence-electron chi connectivity index (χ3n) is 4.70. The first-order valence-corrected chi connectivity index (χ1v) is 8.52. The zero-order chi connectivity index (χ0) is 17.4. The lowest BCUT2D eigenvalue weighted by molar-refractivity contribution is 0.0944. The van der Waals surface area contributed by atoms with E-state index in [4.69, 9.17) is 4.98 Å². The van der Waals surface area contributed by atoms with Gasteiger partial charge in [0.2, 0.25) is 0 Å². The molecule has 0 radical (unpaired) electrons. The second-order valence-corrected chi connectivity index (χ2v) is 6.56. The summed E-state index contributed by atoms with van der Waals surface area (Å²) in [6.45, 7) is 4.54. The summed E-state index contributed by atoms with van der Waals surface area (Å²) >= 11 is 0. The highest BCUT2D eigenvalue weighted by Gasteiger charge is 2.21. The molecule has 1 saturated heterocycles. The minimum Gasteiger partial charge on any atom is -0.352 e. The van der Waals surface area contributed by atoms with Crippen molar-refractivity contribution in [1.82, 2.24) is 25.4 Å². The molecule has 6 nitrogen and oxygen atoms in total. The van der Waals surface area contributed by atoms with Crippen LogP contribution in [0.25, 0.3) is 22.3 Å². The molecule has 0 atom stereocenters. The lowest BCUT2D eigenvalue weighted by Crippen LogP contribution is -2.48. The zero-order valence-electron chi connectivity index (χ0n) is 15.2. The fourth-order valence-corrected chi connectivity index (χ4v) is 3.21. The summed E-state index contributed by atoms with van der Waals surface area (Å²) in [5.74, 6) is 0.456. The fraction of sp³-hybridized carbons (Fsp3) is 0.316. The standard InChI is InChI=1S/C19H21N5O.2ClH/c1-12-17-15(19(25)21-11-13-9-20-10-13)8-16(14-6-4-3-5-7-14)22-18(17)24(2)23-12;;/h3-8,13,20H,9-11H2,1-2H3,(H,21,25);2*1H. The number of pyridine rings is 1. The normalized spacial score (nSPS) is 13.4. The second-order valence-electron chi connectivity index (χ2n) is 6.56. The minimum absolute atomic E-state index is 0. The molecule has 8 heteroatoms. The molecule has 0 unspecified atom stereocenters. The lowest BCUT2D eigenvalue weighted by Gasteiger charge is -2.27. The van der Waals surface area contributed by atoms with Crippen LogP contribution in [-0.4, -0.2) is 40.3 Å². The van der Waals surface area contributed by atoms with Gasteiger partial charge in [0.1, 0.15) is 0 Å². The van der Waals surface area contributed by atoms with Crippen molar-refractivity contribution in [3.8, 4) is 11.3 Å². The van der Waals surface area contributed by atoms with E-state index in [0.717, 1.165) is 41.1 Å². The lowest BCUT2D eigenvalue weighted by atomic mass is 10.0. The smallest absolute Gasteiger partial charge is 0.252 e. The number of nitrogens with one attached hydrogen (secondary N) is 2. The maximum atomic E-state index is 12.9. The number of halogens is 2. The Morgan fingerprint density at radius 2 is 1.96 bits per heavy atom. The molecule has 3 aromatic rings. The van der Waals surface area contributed by atoms with Gasteiger partial charge < -0.3 is 10.6 Å². The summed E-state index contributed by atoms with van der Waals surface area (Å²) in [5, 5.41) is 11.6. The first-order chi connectivity index (χ1) is 12.1. The molecule has 27 heavy (non-hydrogen) atoms. The van der Waals surface area contributed by atoms with E-state index >= 15 is 0 Å². The molecule has 0 aliphatic carbocycles. The number of carbonyl (C=O) groups excluding carboxylic acids is 1. The van der Waals surface area contributed by atoms with Crippen molar-refractivity contribution < 1.29 is 4.79 Å². The molecular weight excluding hydrogens is 385 g/mol. The van der Waals surface area contributed by atoms with E-state index in [1.165, 1.54) is 0 Å². The molecule has 144 valence electrons. The van der Waals surface area contributed by atoms with E-state index in [-0.39, 0.29) is 30.7 Å². The van der Waals surface area contributed by atoms with Crippen LogP contribution < -0.4 is 10.6 Å². The molecule has 2 N–H and O–H groups in total. The van der Waals surface area contributed by atoms with E-state index < -0.39 is 0 Å². The van der Waals surface area contributed by atoms with Crippen molar-refractivity contribution in [2.75, 3.05) is 19.6 Å². The van der Waals surface area contributed by atoms with Gasteiger partial charge in [-0.15, -0.1) is 24.8 Å². The van der Waals surface area contributed by atoms with E-state index in [2.05, 4.69) is 15.7 Å². The predicted molar refractivity (Wildman–Crippen MR) is 112 cm³/mol. The average molecular weight is 408 g/mol. The average Bonchev–Trinajstić information content (AvgIpc) is 2.88. The maximum absolute atomic E-state index is 12.9. The number of benzene rings is 1. The zero-order valence-corrected chi connectivity index (χ0v) is 16.9. The highest BCUT2D eigenvalue weighted by molar-refractivity contribution is 6.07. The van der Waals surface area contributed by atoms with Gasteiger partial charge in [-0.2, -0.15) is 5.10 Å². The predicted octanol–water partition coefficient (Wildman–Crippen LogP) is 2.74. The molecule has 3 heterocycles. The van der Waals surface area contributed by atoms with Crippen molar-refractivity contribution in [2.24, 2.45) is 13.0 Å². The van der Waals surface area contributed by atoms with Crippen LogP contribution in [0.4, 0.5) is 0 Å². The summed E-state index contributed by atoms with van der Waals surface area (Å²) in [6, 6.07) is 11.8. The Kier molecular flexibility index (Phi) is 6.81. The third kappa shape index (κ3) is 4.08. The van der Waals surface area contributed by atoms with Crippen molar-refractivity contribution in [1.29, 1.82) is 0 Å². The summed E-state index contributed by atoms with van der Waals surface area (Å²) in [5.41, 5.74) is 3.96. The van der Waals surface area contributed by atoms with Crippen LogP contribution in [0.15, 0.2) is 36.4 Å². The number of rotatable bonds is 4. The SMILES string of the molecule is Cc1nn(C)c2nc(-c3ccccc3)cc(C(=O)NCC3CNC3)c12.Cl.Cl. The van der Waals surface area contributed by atoms with E-state index in [1.54, 1.807) is 4.68 Å². The topological polar surface area (TPSA) is 71.8 Å². The van der Waals surface area contributed by atoms with E-state index in [0.29, 0.717) is 18.0 Å². The fourth-order valence-electron chi connectivity index (χ4n) is 3.21. The van der Waals surface area contributed by atoms with Gasteiger partial charge in [-0.1, -0.05) is 30.3 Å². The number of nitrogens with zero attached hydrogens (tertiary/aromatic N) is 3. The molecule has 0 bridgehead atoms. The van der Waals surface area contributed by atoms with Gasteiger partial charge in [-0.25, -0.2) is 4.98 Å². The minimum atomic E-state index is -0.0624. The quantitative estimate of drug-likeness (QED) is 0.697. The van der Waals surface area contributed by atoms with Gasteiger partial charge in [0.05, 0.1) is 22.3 Å². The molecule has 0 saturated carbocycles. The Morgan fingerprint density at radius 3 is 2.59 bits per heavy atom. The Morgan fingerprint density at radius 1 is 1.26 bits per heavy atom. The highest BCUT2D eigenvalue weighted by Crippen LogP contribution is 2.26. The van der Waals surface area contributed by atoms with Gasteiger partial charge >= 0.3 is 0 Å². The van der Waals surface area contributed by atoms with Crippen LogP contribution in [0.1, 0.15) is 16.1 Å². The maximum Gasteiger partial charge on any atom is 0.252 e. The number of hydrogen-bond acceptors (Lipinski definition) is 4. The van der Waals surface area contributed by atoms with Gasteiger partial charge in [-0.05, 0) is 13.0 Å². The van der Waals surface area contributed by atoms with Gasteiger partial charge in [-0.3, -0.25) is 9.48 Å². The first kappa shape index (κ1) is 21.2. The van der Waals surface area contributed by atoms with Crippen molar-refractivity contribution >= 4 is 41.8 Å². The Labute approximate surface area is 170 Å². The molecule has 1 fully saturated rings. The summed E-state index contributed by atoms with van der Waals surface area (Å²) in [7, 11) is 1.86. The number of fused-ring (bicyclic) bond motifs is 1. The monoisotopic (exact) mass is 407 g/mol. The van der Waals surface area contributed by atoms with Crippen LogP contribution in [0.5, 0.6) is 0 Å². The molecule has 1 aromatic carbocycles. The number of aryl methyl sites for hydroxylation is 2. The van der Waals surface area contributed by atoms with Gasteiger partial charge in [0.15, 0.2) is 5.65 Å². The molecule has 1 aliphatic rings. The first-order valence-electron chi connectivity index (χ1n) is 8.52. The Bertz CT molecular complexity index is 938.